The van der Waals surface area contributed by atoms with Crippen molar-refractivity contribution < 1.29 is 26.7 Å². The van der Waals surface area contributed by atoms with Gasteiger partial charge in [-0.05, 0) is 31.4 Å². The van der Waals surface area contributed by atoms with E-state index in [1.54, 1.807) is 0 Å². The van der Waals surface area contributed by atoms with E-state index in [4.69, 9.17) is 4.74 Å². The van der Waals surface area contributed by atoms with Crippen molar-refractivity contribution in [3.63, 3.8) is 0 Å². The van der Waals surface area contributed by atoms with Crippen LogP contribution in [0.2, 0.25) is 0 Å². The molecule has 1 amide bonds. The van der Waals surface area contributed by atoms with Crippen molar-refractivity contribution in [2.75, 3.05) is 23.0 Å². The average Bonchev–Trinajstić information content (AvgIpc) is 2.91. The summed E-state index contributed by atoms with van der Waals surface area (Å²) in [5.74, 6) is -1.36. The van der Waals surface area contributed by atoms with E-state index in [0.29, 0.717) is 18.7 Å². The van der Waals surface area contributed by atoms with Gasteiger partial charge in [0.2, 0.25) is 0 Å². The summed E-state index contributed by atoms with van der Waals surface area (Å²) in [5, 5.41) is 0. The summed E-state index contributed by atoms with van der Waals surface area (Å²) in [4.78, 5) is 13.1. The van der Waals surface area contributed by atoms with Gasteiger partial charge in [-0.2, -0.15) is 0 Å². The summed E-state index contributed by atoms with van der Waals surface area (Å²) in [5.41, 5.74) is -1.84. The molecule has 0 bridgehead atoms. The number of sulfone groups is 1. The van der Waals surface area contributed by atoms with E-state index >= 15 is 4.39 Å². The molecule has 2 saturated heterocycles. The molecule has 0 aliphatic carbocycles. The highest BCUT2D eigenvalue weighted by Crippen LogP contribution is 2.40. The van der Waals surface area contributed by atoms with Gasteiger partial charge < -0.3 is 4.74 Å². The molecule has 1 atom stereocenters. The van der Waals surface area contributed by atoms with Crippen LogP contribution in [0, 0.1) is 5.82 Å². The second kappa shape index (κ2) is 5.98. The molecule has 0 radical (unpaired) electrons. The third kappa shape index (κ3) is 3.11. The number of hydrogen-bond acceptors (Lipinski definition) is 4. The Morgan fingerprint density at radius 3 is 2.54 bits per heavy atom. The standard InChI is InChI=1S/C16H19F2NO4S/c1-2-12-10-19(15(20)23-12)11-3-4-13(14(17)9-11)16(18)5-7-24(21,22)8-6-16/h3-4,9,12H,2,5-8,10H2,1H3/t12-/m0/s1. The lowest BCUT2D eigenvalue weighted by atomic mass is 9.89. The molecule has 0 saturated carbocycles. The number of alkyl halides is 1. The molecular formula is C16H19F2NO4S. The van der Waals surface area contributed by atoms with Crippen LogP contribution in [0.15, 0.2) is 18.2 Å². The number of ether oxygens (including phenoxy) is 1. The van der Waals surface area contributed by atoms with Gasteiger partial charge in [-0.3, -0.25) is 4.90 Å². The normalized spacial score (nSPS) is 25.5. The van der Waals surface area contributed by atoms with E-state index in [2.05, 4.69) is 0 Å². The Hall–Kier alpha value is -1.70. The topological polar surface area (TPSA) is 63.7 Å². The van der Waals surface area contributed by atoms with Crippen molar-refractivity contribution >= 4 is 21.6 Å². The summed E-state index contributed by atoms with van der Waals surface area (Å²) >= 11 is 0. The third-order valence-corrected chi connectivity index (χ3v) is 6.35. The van der Waals surface area contributed by atoms with Gasteiger partial charge in [0.25, 0.3) is 0 Å². The molecule has 2 aliphatic rings. The van der Waals surface area contributed by atoms with Crippen molar-refractivity contribution in [2.45, 2.75) is 38.0 Å². The fourth-order valence-corrected chi connectivity index (χ4v) is 4.58. The highest BCUT2D eigenvalue weighted by Gasteiger charge is 2.41. The number of rotatable bonds is 3. The van der Waals surface area contributed by atoms with Gasteiger partial charge in [-0.15, -0.1) is 0 Å². The number of carbonyl (C=O) groups is 1. The second-order valence-electron chi connectivity index (χ2n) is 6.31. The number of cyclic esters (lactones) is 1. The average molecular weight is 359 g/mol. The SMILES string of the molecule is CC[C@H]1CN(c2ccc(C3(F)CCS(=O)(=O)CC3)c(F)c2)C(=O)O1. The molecule has 3 rings (SSSR count). The molecule has 2 aliphatic heterocycles. The number of anilines is 1. The molecule has 2 fully saturated rings. The largest absolute Gasteiger partial charge is 0.444 e. The van der Waals surface area contributed by atoms with Gasteiger partial charge in [-0.25, -0.2) is 22.0 Å². The van der Waals surface area contributed by atoms with Gasteiger partial charge in [0.1, 0.15) is 17.6 Å². The Balaban J connectivity index is 1.84. The fourth-order valence-electron chi connectivity index (χ4n) is 3.11. The maximum absolute atomic E-state index is 15.0. The van der Waals surface area contributed by atoms with Crippen molar-refractivity contribution in [1.29, 1.82) is 0 Å². The number of amides is 1. The summed E-state index contributed by atoms with van der Waals surface area (Å²) < 4.78 is 57.5. The predicted molar refractivity (Wildman–Crippen MR) is 85.0 cm³/mol. The number of benzene rings is 1. The van der Waals surface area contributed by atoms with Gasteiger partial charge in [0, 0.05) is 5.56 Å². The number of nitrogens with zero attached hydrogens (tertiary/aromatic N) is 1. The van der Waals surface area contributed by atoms with Gasteiger partial charge in [0.05, 0.1) is 23.7 Å². The molecule has 8 heteroatoms. The first-order chi connectivity index (χ1) is 11.2. The Labute approximate surface area is 139 Å². The summed E-state index contributed by atoms with van der Waals surface area (Å²) in [6, 6.07) is 3.89. The van der Waals surface area contributed by atoms with Crippen LogP contribution in [0.25, 0.3) is 0 Å². The van der Waals surface area contributed by atoms with Crippen LogP contribution < -0.4 is 4.90 Å². The molecule has 5 nitrogen and oxygen atoms in total. The number of halogens is 2. The van der Waals surface area contributed by atoms with Crippen LogP contribution >= 0.6 is 0 Å². The number of carbonyl (C=O) groups excluding carboxylic acids is 1. The van der Waals surface area contributed by atoms with Gasteiger partial charge in [0.15, 0.2) is 9.84 Å². The maximum atomic E-state index is 15.0. The first-order valence-electron chi connectivity index (χ1n) is 7.91. The zero-order valence-electron chi connectivity index (χ0n) is 13.3. The maximum Gasteiger partial charge on any atom is 0.414 e. The van der Waals surface area contributed by atoms with Crippen molar-refractivity contribution in [2.24, 2.45) is 0 Å². The third-order valence-electron chi connectivity index (χ3n) is 4.70. The molecule has 1 aromatic carbocycles. The second-order valence-corrected chi connectivity index (χ2v) is 8.61. The van der Waals surface area contributed by atoms with Gasteiger partial charge >= 0.3 is 6.09 Å². The number of hydrogen-bond donors (Lipinski definition) is 0. The Kier molecular flexibility index (Phi) is 4.27. The Morgan fingerprint density at radius 2 is 2.00 bits per heavy atom. The summed E-state index contributed by atoms with van der Waals surface area (Å²) in [6.45, 7) is 2.21. The summed E-state index contributed by atoms with van der Waals surface area (Å²) in [7, 11) is -3.24. The molecule has 2 heterocycles. The van der Waals surface area contributed by atoms with E-state index in [1.807, 2.05) is 6.92 Å². The van der Waals surface area contributed by atoms with Crippen molar-refractivity contribution in [1.82, 2.24) is 0 Å². The van der Waals surface area contributed by atoms with Crippen LogP contribution in [-0.4, -0.2) is 38.7 Å². The van der Waals surface area contributed by atoms with Crippen molar-refractivity contribution in [3.8, 4) is 0 Å². The zero-order chi connectivity index (χ0) is 17.5. The molecule has 0 spiro atoms. The fraction of sp³-hybridized carbons (Fsp3) is 0.562. The van der Waals surface area contributed by atoms with E-state index in [1.165, 1.54) is 17.0 Å². The van der Waals surface area contributed by atoms with E-state index < -0.39 is 27.4 Å². The Morgan fingerprint density at radius 1 is 1.33 bits per heavy atom. The zero-order valence-corrected chi connectivity index (χ0v) is 14.1. The lowest BCUT2D eigenvalue weighted by Crippen LogP contribution is -2.34. The first kappa shape index (κ1) is 17.1. The minimum absolute atomic E-state index is 0.152. The van der Waals surface area contributed by atoms with E-state index in [-0.39, 0.29) is 36.0 Å². The monoisotopic (exact) mass is 359 g/mol. The molecule has 0 aromatic heterocycles. The van der Waals surface area contributed by atoms with Crippen LogP contribution in [0.3, 0.4) is 0 Å². The van der Waals surface area contributed by atoms with Crippen LogP contribution in [0.4, 0.5) is 19.3 Å². The van der Waals surface area contributed by atoms with Crippen LogP contribution in [-0.2, 0) is 20.2 Å². The molecule has 1 aromatic rings. The predicted octanol–water partition coefficient (Wildman–Crippen LogP) is 2.93. The Bertz CT molecular complexity index is 751. The highest BCUT2D eigenvalue weighted by atomic mass is 32.2. The molecule has 0 N–H and O–H groups in total. The van der Waals surface area contributed by atoms with Gasteiger partial charge in [-0.1, -0.05) is 13.0 Å². The lowest BCUT2D eigenvalue weighted by molar-refractivity contribution is 0.139. The molecular weight excluding hydrogens is 340 g/mol. The molecule has 132 valence electrons. The minimum Gasteiger partial charge on any atom is -0.444 e. The van der Waals surface area contributed by atoms with Crippen LogP contribution in [0.5, 0.6) is 0 Å². The minimum atomic E-state index is -3.24. The molecule has 0 unspecified atom stereocenters. The van der Waals surface area contributed by atoms with E-state index in [0.717, 1.165) is 6.07 Å². The molecule has 24 heavy (non-hydrogen) atoms. The smallest absolute Gasteiger partial charge is 0.414 e. The first-order valence-corrected chi connectivity index (χ1v) is 9.74. The van der Waals surface area contributed by atoms with Crippen LogP contribution in [0.1, 0.15) is 31.7 Å². The lowest BCUT2D eigenvalue weighted by Gasteiger charge is -2.30. The highest BCUT2D eigenvalue weighted by molar-refractivity contribution is 7.91. The van der Waals surface area contributed by atoms with E-state index in [9.17, 15) is 17.6 Å². The van der Waals surface area contributed by atoms with Crippen molar-refractivity contribution in [3.05, 3.63) is 29.6 Å². The summed E-state index contributed by atoms with van der Waals surface area (Å²) in [6.07, 6.45) is -0.640. The quantitative estimate of drug-likeness (QED) is 0.832.